The second-order valence-corrected chi connectivity index (χ2v) is 9.75. The van der Waals surface area contributed by atoms with Crippen LogP contribution < -0.4 is 5.32 Å². The summed E-state index contributed by atoms with van der Waals surface area (Å²) in [7, 11) is 1.38. The van der Waals surface area contributed by atoms with Crippen LogP contribution in [0, 0.1) is 0 Å². The lowest BCUT2D eigenvalue weighted by Crippen LogP contribution is -2.48. The highest BCUT2D eigenvalue weighted by atomic mass is 16.6. The SMILES string of the molecule is CCC/C=C(\CNC1CCC[C@@H](C(=O)OC)N(C(=O)OC(C)(C)C)CCC1)c1ccccc1. The lowest BCUT2D eigenvalue weighted by molar-refractivity contribution is -0.147. The molecule has 33 heavy (non-hydrogen) atoms. The van der Waals surface area contributed by atoms with Crippen molar-refractivity contribution in [1.29, 1.82) is 0 Å². The van der Waals surface area contributed by atoms with Crippen LogP contribution in [0.3, 0.4) is 0 Å². The second kappa shape index (κ2) is 13.4. The van der Waals surface area contributed by atoms with Crippen molar-refractivity contribution in [2.24, 2.45) is 0 Å². The van der Waals surface area contributed by atoms with E-state index in [4.69, 9.17) is 9.47 Å². The first-order chi connectivity index (χ1) is 15.7. The van der Waals surface area contributed by atoms with Gasteiger partial charge in [-0.25, -0.2) is 9.59 Å². The molecule has 1 amide bonds. The average Bonchev–Trinajstić information content (AvgIpc) is 2.88. The first-order valence-corrected chi connectivity index (χ1v) is 12.3. The van der Waals surface area contributed by atoms with E-state index in [1.54, 1.807) is 4.90 Å². The molecule has 1 N–H and O–H groups in total. The monoisotopic (exact) mass is 458 g/mol. The summed E-state index contributed by atoms with van der Waals surface area (Å²) in [5.41, 5.74) is 1.96. The zero-order chi connectivity index (χ0) is 24.3. The van der Waals surface area contributed by atoms with E-state index >= 15 is 0 Å². The summed E-state index contributed by atoms with van der Waals surface area (Å²) in [6.45, 7) is 8.99. The van der Waals surface area contributed by atoms with Gasteiger partial charge in [0.25, 0.3) is 0 Å². The van der Waals surface area contributed by atoms with Crippen molar-refractivity contribution in [3.8, 4) is 0 Å². The molecule has 0 bridgehead atoms. The minimum Gasteiger partial charge on any atom is -0.467 e. The van der Waals surface area contributed by atoms with Crippen molar-refractivity contribution in [2.45, 2.75) is 90.3 Å². The van der Waals surface area contributed by atoms with Crippen LogP contribution in [-0.4, -0.2) is 54.8 Å². The normalized spacial score (nSPS) is 20.4. The summed E-state index contributed by atoms with van der Waals surface area (Å²) in [5.74, 6) is -0.374. The van der Waals surface area contributed by atoms with E-state index in [9.17, 15) is 9.59 Å². The van der Waals surface area contributed by atoms with Gasteiger partial charge in [0.05, 0.1) is 7.11 Å². The Hall–Kier alpha value is -2.34. The van der Waals surface area contributed by atoms with Crippen LogP contribution in [0.15, 0.2) is 36.4 Å². The number of carbonyl (C=O) groups excluding carboxylic acids is 2. The van der Waals surface area contributed by atoms with Gasteiger partial charge in [-0.3, -0.25) is 4.90 Å². The number of methoxy groups -OCH3 is 1. The Kier molecular flexibility index (Phi) is 10.9. The van der Waals surface area contributed by atoms with Crippen molar-refractivity contribution < 1.29 is 19.1 Å². The number of unbranched alkanes of at least 4 members (excludes halogenated alkanes) is 1. The third kappa shape index (κ3) is 9.20. The first kappa shape index (κ1) is 26.9. The van der Waals surface area contributed by atoms with Crippen molar-refractivity contribution >= 4 is 17.6 Å². The molecular formula is C27H42N2O4. The van der Waals surface area contributed by atoms with E-state index in [0.29, 0.717) is 19.0 Å². The van der Waals surface area contributed by atoms with Gasteiger partial charge in [-0.2, -0.15) is 0 Å². The Morgan fingerprint density at radius 3 is 2.45 bits per heavy atom. The van der Waals surface area contributed by atoms with Gasteiger partial charge in [0.2, 0.25) is 0 Å². The summed E-state index contributed by atoms with van der Waals surface area (Å²) < 4.78 is 10.6. The number of nitrogens with zero attached hydrogens (tertiary/aromatic N) is 1. The molecule has 6 nitrogen and oxygen atoms in total. The highest BCUT2D eigenvalue weighted by Crippen LogP contribution is 2.22. The number of hydrogen-bond acceptors (Lipinski definition) is 5. The molecule has 2 rings (SSSR count). The summed E-state index contributed by atoms with van der Waals surface area (Å²) in [6, 6.07) is 10.2. The fourth-order valence-corrected chi connectivity index (χ4v) is 4.16. The van der Waals surface area contributed by atoms with E-state index in [2.05, 4.69) is 42.6 Å². The summed E-state index contributed by atoms with van der Waals surface area (Å²) >= 11 is 0. The third-order valence-corrected chi connectivity index (χ3v) is 5.86. The fraction of sp³-hybridized carbons (Fsp3) is 0.630. The molecule has 0 aliphatic carbocycles. The van der Waals surface area contributed by atoms with Crippen LogP contribution in [-0.2, 0) is 14.3 Å². The van der Waals surface area contributed by atoms with Gasteiger partial charge in [-0.15, -0.1) is 0 Å². The molecule has 1 aliphatic rings. The number of benzene rings is 1. The highest BCUT2D eigenvalue weighted by molar-refractivity contribution is 5.81. The lowest BCUT2D eigenvalue weighted by atomic mass is 10.0. The fourth-order valence-electron chi connectivity index (χ4n) is 4.16. The second-order valence-electron chi connectivity index (χ2n) is 9.75. The minimum absolute atomic E-state index is 0.329. The molecule has 0 spiro atoms. The zero-order valence-electron chi connectivity index (χ0n) is 21.1. The molecule has 1 unspecified atom stereocenters. The van der Waals surface area contributed by atoms with Crippen LogP contribution in [0.1, 0.15) is 78.2 Å². The predicted octanol–water partition coefficient (Wildman–Crippen LogP) is 5.57. The number of ether oxygens (including phenoxy) is 2. The van der Waals surface area contributed by atoms with E-state index in [1.807, 2.05) is 26.8 Å². The minimum atomic E-state index is -0.612. The first-order valence-electron chi connectivity index (χ1n) is 12.3. The average molecular weight is 459 g/mol. The molecule has 1 saturated heterocycles. The van der Waals surface area contributed by atoms with Gasteiger partial charge in [0.15, 0.2) is 0 Å². The molecule has 1 heterocycles. The zero-order valence-corrected chi connectivity index (χ0v) is 21.1. The molecule has 0 saturated carbocycles. The third-order valence-electron chi connectivity index (χ3n) is 5.86. The summed E-state index contributed by atoms with van der Waals surface area (Å²) in [4.78, 5) is 26.9. The number of carbonyl (C=O) groups is 2. The number of hydrogen-bond donors (Lipinski definition) is 1. The van der Waals surface area contributed by atoms with Gasteiger partial charge in [0.1, 0.15) is 11.6 Å². The number of esters is 1. The van der Waals surface area contributed by atoms with Gasteiger partial charge in [-0.1, -0.05) is 49.8 Å². The lowest BCUT2D eigenvalue weighted by Gasteiger charge is -2.31. The molecule has 0 radical (unpaired) electrons. The van der Waals surface area contributed by atoms with E-state index in [1.165, 1.54) is 18.2 Å². The molecule has 2 atom stereocenters. The van der Waals surface area contributed by atoms with E-state index < -0.39 is 17.7 Å². The maximum atomic E-state index is 12.8. The maximum absolute atomic E-state index is 12.8. The van der Waals surface area contributed by atoms with Gasteiger partial charge < -0.3 is 14.8 Å². The van der Waals surface area contributed by atoms with Crippen LogP contribution in [0.2, 0.25) is 0 Å². The standard InChI is InChI=1S/C27H42N2O4/c1-6-7-13-22(21-14-9-8-10-15-21)20-28-23-16-11-18-24(25(30)32-5)29(19-12-17-23)26(31)33-27(2,3)4/h8-10,13-15,23-24,28H,6-7,11-12,16-20H2,1-5H3/b22-13+/t23?,24-/m0/s1. The molecule has 6 heteroatoms. The Bertz CT molecular complexity index is 770. The molecule has 1 aromatic rings. The molecule has 1 aliphatic heterocycles. The largest absolute Gasteiger partial charge is 0.467 e. The van der Waals surface area contributed by atoms with Gasteiger partial charge in [0, 0.05) is 19.1 Å². The van der Waals surface area contributed by atoms with E-state index in [0.717, 1.165) is 45.1 Å². The van der Waals surface area contributed by atoms with Crippen molar-refractivity contribution in [1.82, 2.24) is 10.2 Å². The number of amides is 1. The number of nitrogens with one attached hydrogen (secondary N) is 1. The summed E-state index contributed by atoms with van der Waals surface area (Å²) in [6.07, 6.45) is 8.14. The highest BCUT2D eigenvalue weighted by Gasteiger charge is 2.34. The van der Waals surface area contributed by atoms with Gasteiger partial charge >= 0.3 is 12.1 Å². The molecule has 0 aromatic heterocycles. The molecule has 184 valence electrons. The van der Waals surface area contributed by atoms with Crippen LogP contribution in [0.4, 0.5) is 4.79 Å². The smallest absolute Gasteiger partial charge is 0.411 e. The van der Waals surface area contributed by atoms with Crippen molar-refractivity contribution in [3.05, 3.63) is 42.0 Å². The molecule has 1 aromatic carbocycles. The molecule has 1 fully saturated rings. The van der Waals surface area contributed by atoms with Crippen molar-refractivity contribution in [2.75, 3.05) is 20.2 Å². The Balaban J connectivity index is 2.06. The Labute approximate surface area is 199 Å². The Morgan fingerprint density at radius 1 is 1.12 bits per heavy atom. The number of rotatable bonds is 7. The van der Waals surface area contributed by atoms with Crippen molar-refractivity contribution in [3.63, 3.8) is 0 Å². The number of allylic oxidation sites excluding steroid dienone is 1. The van der Waals surface area contributed by atoms with Crippen LogP contribution in [0.5, 0.6) is 0 Å². The quantitative estimate of drug-likeness (QED) is 0.541. The van der Waals surface area contributed by atoms with Crippen LogP contribution in [0.25, 0.3) is 5.57 Å². The maximum Gasteiger partial charge on any atom is 0.411 e. The Morgan fingerprint density at radius 2 is 1.82 bits per heavy atom. The molecular weight excluding hydrogens is 416 g/mol. The van der Waals surface area contributed by atoms with E-state index in [-0.39, 0.29) is 5.97 Å². The summed E-state index contributed by atoms with van der Waals surface area (Å²) in [5, 5.41) is 3.75. The topological polar surface area (TPSA) is 67.9 Å². The predicted molar refractivity (Wildman–Crippen MR) is 133 cm³/mol. The van der Waals surface area contributed by atoms with Crippen LogP contribution >= 0.6 is 0 Å². The van der Waals surface area contributed by atoms with Gasteiger partial charge in [-0.05, 0) is 70.4 Å².